The summed E-state index contributed by atoms with van der Waals surface area (Å²) in [5.41, 5.74) is 12.5. The average Bonchev–Trinajstić information content (AvgIpc) is 3.01. The molecule has 8 nitrogen and oxygen atoms in total. The van der Waals surface area contributed by atoms with Crippen molar-refractivity contribution >= 4 is 32.3 Å². The molecule has 0 saturated heterocycles. The lowest BCUT2D eigenvalue weighted by atomic mass is 9.99. The fourth-order valence-corrected chi connectivity index (χ4v) is 5.94. The van der Waals surface area contributed by atoms with Crippen LogP contribution in [0.1, 0.15) is 32.7 Å². The summed E-state index contributed by atoms with van der Waals surface area (Å²) in [5.74, 6) is -0.727. The van der Waals surface area contributed by atoms with Crippen LogP contribution in [0.25, 0.3) is 27.7 Å². The number of rotatable bonds is 4. The van der Waals surface area contributed by atoms with E-state index in [1.165, 1.54) is 10.8 Å². The van der Waals surface area contributed by atoms with Crippen LogP contribution in [0.3, 0.4) is 0 Å². The predicted octanol–water partition coefficient (Wildman–Crippen LogP) is 3.18. The number of amides is 1. The number of nitrogens with zero attached hydrogens (tertiary/aromatic N) is 2. The maximum atomic E-state index is 13.6. The molecule has 0 fully saturated rings. The number of nitrogens with one attached hydrogen (secondary N) is 1. The molecule has 1 amide bonds. The van der Waals surface area contributed by atoms with E-state index < -0.39 is 15.7 Å². The number of aryl methyl sites for hydroxylation is 3. The molecule has 5 rings (SSSR count). The fourth-order valence-electron chi connectivity index (χ4n) is 5.16. The Morgan fingerprint density at radius 2 is 1.80 bits per heavy atom. The number of pyridine rings is 1. The molecule has 180 valence electrons. The topological polar surface area (TPSA) is 116 Å². The zero-order chi connectivity index (χ0) is 25.2. The van der Waals surface area contributed by atoms with Crippen LogP contribution in [-0.2, 0) is 29.2 Å². The number of hydrogen-bond acceptors (Lipinski definition) is 5. The summed E-state index contributed by atoms with van der Waals surface area (Å²) in [7, 11) is -1.57. The van der Waals surface area contributed by atoms with Gasteiger partial charge in [0.15, 0.2) is 9.84 Å². The smallest absolute Gasteiger partial charge is 0.275 e. The van der Waals surface area contributed by atoms with Crippen molar-refractivity contribution < 1.29 is 13.2 Å². The normalized spacial score (nSPS) is 12.8. The summed E-state index contributed by atoms with van der Waals surface area (Å²) in [6.45, 7) is 4.15. The van der Waals surface area contributed by atoms with Crippen molar-refractivity contribution in [2.45, 2.75) is 26.1 Å². The third-order valence-corrected chi connectivity index (χ3v) is 7.40. The van der Waals surface area contributed by atoms with Crippen molar-refractivity contribution in [1.82, 2.24) is 9.13 Å². The quantitative estimate of drug-likeness (QED) is 0.456. The Labute approximate surface area is 202 Å². The summed E-state index contributed by atoms with van der Waals surface area (Å²) in [5, 5.41) is 4.01. The van der Waals surface area contributed by atoms with E-state index in [0.717, 1.165) is 33.6 Å². The van der Waals surface area contributed by atoms with E-state index in [1.54, 1.807) is 23.9 Å². The van der Waals surface area contributed by atoms with Gasteiger partial charge in [-0.25, -0.2) is 8.42 Å². The number of aromatic nitrogens is 2. The summed E-state index contributed by atoms with van der Waals surface area (Å²) in [6, 6.07) is 11.2. The first-order valence-corrected chi connectivity index (χ1v) is 13.2. The van der Waals surface area contributed by atoms with Crippen molar-refractivity contribution in [3.63, 3.8) is 0 Å². The van der Waals surface area contributed by atoms with Crippen molar-refractivity contribution in [3.8, 4) is 16.8 Å². The molecule has 1 aliphatic heterocycles. The van der Waals surface area contributed by atoms with Gasteiger partial charge in [-0.2, -0.15) is 0 Å². The molecule has 0 spiro atoms. The maximum absolute atomic E-state index is 13.6. The minimum atomic E-state index is -3.24. The van der Waals surface area contributed by atoms with Gasteiger partial charge in [-0.3, -0.25) is 14.2 Å². The van der Waals surface area contributed by atoms with Gasteiger partial charge >= 0.3 is 0 Å². The lowest BCUT2D eigenvalue weighted by molar-refractivity contribution is 0.0993. The van der Waals surface area contributed by atoms with E-state index in [1.807, 2.05) is 44.2 Å². The number of carbonyl (C=O) groups is 1. The summed E-state index contributed by atoms with van der Waals surface area (Å²) in [4.78, 5) is 26.5. The van der Waals surface area contributed by atoms with Gasteiger partial charge in [0.2, 0.25) is 0 Å². The molecule has 4 aromatic rings. The van der Waals surface area contributed by atoms with E-state index in [2.05, 4.69) is 5.32 Å². The molecule has 3 N–H and O–H groups in total. The molecule has 0 atom stereocenters. The van der Waals surface area contributed by atoms with Gasteiger partial charge in [0, 0.05) is 53.8 Å². The largest absolute Gasteiger partial charge is 0.380 e. The minimum Gasteiger partial charge on any atom is -0.380 e. The highest BCUT2D eigenvalue weighted by Gasteiger charge is 2.30. The first kappa shape index (κ1) is 22.9. The van der Waals surface area contributed by atoms with Gasteiger partial charge in [-0.15, -0.1) is 0 Å². The summed E-state index contributed by atoms with van der Waals surface area (Å²) in [6.07, 6.45) is 2.94. The van der Waals surface area contributed by atoms with Crippen LogP contribution >= 0.6 is 0 Å². The summed E-state index contributed by atoms with van der Waals surface area (Å²) >= 11 is 0. The number of fused-ring (bicyclic) bond motifs is 2. The SMILES string of the molecule is Cc1cccc(C)c1-n1c(C(N)=O)c2c3c(cn(C)c(=O)c31)-c1cc(CS(C)(=O)=O)ccc1NC2. The van der Waals surface area contributed by atoms with Crippen LogP contribution in [0.15, 0.2) is 47.4 Å². The predicted molar refractivity (Wildman–Crippen MR) is 138 cm³/mol. The summed E-state index contributed by atoms with van der Waals surface area (Å²) < 4.78 is 27.1. The van der Waals surface area contributed by atoms with E-state index in [4.69, 9.17) is 5.73 Å². The van der Waals surface area contributed by atoms with Crippen LogP contribution in [-0.4, -0.2) is 29.7 Å². The second kappa shape index (κ2) is 7.84. The van der Waals surface area contributed by atoms with Crippen LogP contribution in [0, 0.1) is 13.8 Å². The van der Waals surface area contributed by atoms with Gasteiger partial charge in [-0.05, 0) is 42.7 Å². The number of primary amides is 1. The molecule has 0 radical (unpaired) electrons. The number of hydrogen-bond donors (Lipinski definition) is 2. The van der Waals surface area contributed by atoms with Crippen molar-refractivity contribution in [1.29, 1.82) is 0 Å². The highest BCUT2D eigenvalue weighted by Crippen LogP contribution is 2.42. The number of anilines is 1. The molecule has 2 aromatic heterocycles. The highest BCUT2D eigenvalue weighted by atomic mass is 32.2. The van der Waals surface area contributed by atoms with Crippen LogP contribution in [0.5, 0.6) is 0 Å². The Bertz CT molecular complexity index is 1710. The molecule has 2 aromatic carbocycles. The lowest BCUT2D eigenvalue weighted by Crippen LogP contribution is -2.23. The zero-order valence-corrected chi connectivity index (χ0v) is 20.8. The Morgan fingerprint density at radius 3 is 2.43 bits per heavy atom. The van der Waals surface area contributed by atoms with Crippen molar-refractivity contribution in [2.24, 2.45) is 12.8 Å². The molecule has 9 heteroatoms. The zero-order valence-electron chi connectivity index (χ0n) is 20.0. The van der Waals surface area contributed by atoms with Crippen LogP contribution < -0.4 is 16.6 Å². The number of sulfone groups is 1. The average molecular weight is 491 g/mol. The Balaban J connectivity index is 1.96. The maximum Gasteiger partial charge on any atom is 0.275 e. The molecule has 3 heterocycles. The van der Waals surface area contributed by atoms with Crippen LogP contribution in [0.4, 0.5) is 5.69 Å². The van der Waals surface area contributed by atoms with Crippen molar-refractivity contribution in [2.75, 3.05) is 11.6 Å². The van der Waals surface area contributed by atoms with Gasteiger partial charge in [0.25, 0.3) is 11.5 Å². The van der Waals surface area contributed by atoms with Gasteiger partial charge in [0.1, 0.15) is 11.2 Å². The third kappa shape index (κ3) is 3.63. The molecule has 0 bridgehead atoms. The lowest BCUT2D eigenvalue weighted by Gasteiger charge is -2.17. The Kier molecular flexibility index (Phi) is 5.14. The molecule has 0 saturated carbocycles. The van der Waals surface area contributed by atoms with Gasteiger partial charge in [0.05, 0.1) is 11.4 Å². The fraction of sp³-hybridized carbons (Fsp3) is 0.231. The number of nitrogens with two attached hydrogens (primary N) is 1. The van der Waals surface area contributed by atoms with E-state index in [0.29, 0.717) is 22.0 Å². The number of benzene rings is 2. The molecule has 1 aliphatic rings. The van der Waals surface area contributed by atoms with Gasteiger partial charge < -0.3 is 15.6 Å². The highest BCUT2D eigenvalue weighted by molar-refractivity contribution is 7.89. The van der Waals surface area contributed by atoms with Crippen LogP contribution in [0.2, 0.25) is 0 Å². The second-order valence-corrected chi connectivity index (χ2v) is 11.4. The third-order valence-electron chi connectivity index (χ3n) is 6.54. The standard InChI is InChI=1S/C26H26N4O4S/c1-14-6-5-7-15(2)22(14)30-23(25(27)31)18-11-28-20-9-8-16(13-35(4,33)34)10-17(20)19-12-29(3)26(32)24(30)21(18)19/h5-10,12,28H,11,13H2,1-4H3,(H2,27,31). The molecule has 0 aliphatic carbocycles. The van der Waals surface area contributed by atoms with Crippen molar-refractivity contribution in [3.05, 3.63) is 80.9 Å². The molecule has 0 unspecified atom stereocenters. The van der Waals surface area contributed by atoms with E-state index >= 15 is 0 Å². The van der Waals surface area contributed by atoms with Gasteiger partial charge in [-0.1, -0.05) is 24.3 Å². The Morgan fingerprint density at radius 1 is 1.11 bits per heavy atom. The molecule has 35 heavy (non-hydrogen) atoms. The minimum absolute atomic E-state index is 0.0992. The monoisotopic (exact) mass is 490 g/mol. The molecular formula is C26H26N4O4S. The number of para-hydroxylation sites is 1. The first-order chi connectivity index (χ1) is 16.5. The van der Waals surface area contributed by atoms with E-state index in [-0.39, 0.29) is 23.6 Å². The van der Waals surface area contributed by atoms with E-state index in [9.17, 15) is 18.0 Å². The first-order valence-electron chi connectivity index (χ1n) is 11.2. The Hall–Kier alpha value is -3.85. The second-order valence-electron chi connectivity index (χ2n) is 9.25. The number of carbonyl (C=O) groups excluding carboxylic acids is 1. The molecular weight excluding hydrogens is 464 g/mol.